The molecule has 0 atom stereocenters. The number of imide groups is 1. The van der Waals surface area contributed by atoms with Crippen LogP contribution in [0.2, 0.25) is 0 Å². The molecule has 2 amide bonds. The van der Waals surface area contributed by atoms with Gasteiger partial charge in [-0.1, -0.05) is 6.07 Å². The van der Waals surface area contributed by atoms with Crippen LogP contribution in [0.5, 0.6) is 0 Å². The first kappa shape index (κ1) is 11.6. The van der Waals surface area contributed by atoms with E-state index < -0.39 is 0 Å². The van der Waals surface area contributed by atoms with Gasteiger partial charge < -0.3 is 5.73 Å². The predicted octanol–water partition coefficient (Wildman–Crippen LogP) is 2.40. The number of nitrogens with two attached hydrogens (primary N) is 1. The SMILES string of the molecule is Nc1cccc2c1C(=O)N(c1nc(C3CC3)cs1)C2=O. The van der Waals surface area contributed by atoms with E-state index in [4.69, 9.17) is 5.73 Å². The van der Waals surface area contributed by atoms with Gasteiger partial charge >= 0.3 is 0 Å². The van der Waals surface area contributed by atoms with Gasteiger partial charge in [0.05, 0.1) is 16.8 Å². The Morgan fingerprint density at radius 1 is 1.25 bits per heavy atom. The number of hydrogen-bond donors (Lipinski definition) is 1. The number of anilines is 2. The molecule has 1 fully saturated rings. The third kappa shape index (κ3) is 1.51. The van der Waals surface area contributed by atoms with E-state index in [1.807, 2.05) is 5.38 Å². The molecule has 2 N–H and O–H groups in total. The molecule has 0 spiro atoms. The van der Waals surface area contributed by atoms with Gasteiger partial charge in [0.15, 0.2) is 5.13 Å². The zero-order valence-corrected chi connectivity index (χ0v) is 11.3. The van der Waals surface area contributed by atoms with E-state index in [9.17, 15) is 9.59 Å². The molecule has 0 unspecified atom stereocenters. The highest BCUT2D eigenvalue weighted by atomic mass is 32.1. The summed E-state index contributed by atoms with van der Waals surface area (Å²) in [4.78, 5) is 30.4. The van der Waals surface area contributed by atoms with Crippen LogP contribution in [0.1, 0.15) is 45.2 Å². The number of amides is 2. The molecule has 1 aromatic carbocycles. The summed E-state index contributed by atoms with van der Waals surface area (Å²) in [6.07, 6.45) is 2.27. The molecule has 0 saturated heterocycles. The first-order valence-electron chi connectivity index (χ1n) is 6.39. The average Bonchev–Trinajstić information content (AvgIpc) is 3.11. The van der Waals surface area contributed by atoms with Crippen molar-refractivity contribution in [3.05, 3.63) is 40.4 Å². The van der Waals surface area contributed by atoms with E-state index >= 15 is 0 Å². The Morgan fingerprint density at radius 3 is 2.75 bits per heavy atom. The zero-order chi connectivity index (χ0) is 13.9. The number of nitrogen functional groups attached to an aromatic ring is 1. The van der Waals surface area contributed by atoms with Gasteiger partial charge in [-0.05, 0) is 25.0 Å². The van der Waals surface area contributed by atoms with Crippen molar-refractivity contribution in [3.8, 4) is 0 Å². The standard InChI is InChI=1S/C14H11N3O2S/c15-9-3-1-2-8-11(9)13(19)17(12(8)18)14-16-10(6-20-14)7-4-5-7/h1-3,6-7H,4-5,15H2. The molecule has 0 radical (unpaired) electrons. The Kier molecular flexibility index (Phi) is 2.26. The Labute approximate surface area is 119 Å². The highest BCUT2D eigenvalue weighted by Crippen LogP contribution is 2.42. The second kappa shape index (κ2) is 3.89. The summed E-state index contributed by atoms with van der Waals surface area (Å²) in [5, 5.41) is 2.37. The van der Waals surface area contributed by atoms with Gasteiger partial charge in [-0.3, -0.25) is 9.59 Å². The first-order chi connectivity index (χ1) is 9.66. The number of aromatic nitrogens is 1. The molecule has 4 rings (SSSR count). The molecule has 0 bridgehead atoms. The Bertz CT molecular complexity index is 749. The van der Waals surface area contributed by atoms with Crippen LogP contribution < -0.4 is 10.6 Å². The number of thiazole rings is 1. The van der Waals surface area contributed by atoms with Crippen LogP contribution in [0, 0.1) is 0 Å². The summed E-state index contributed by atoms with van der Waals surface area (Å²) >= 11 is 1.33. The van der Waals surface area contributed by atoms with Crippen LogP contribution in [0.3, 0.4) is 0 Å². The largest absolute Gasteiger partial charge is 0.398 e. The van der Waals surface area contributed by atoms with Crippen LogP contribution in [-0.2, 0) is 0 Å². The molecule has 20 heavy (non-hydrogen) atoms. The smallest absolute Gasteiger partial charge is 0.270 e. The summed E-state index contributed by atoms with van der Waals surface area (Å²) < 4.78 is 0. The maximum atomic E-state index is 12.4. The highest BCUT2D eigenvalue weighted by Gasteiger charge is 2.40. The molecule has 100 valence electrons. The molecule has 2 aliphatic rings. The van der Waals surface area contributed by atoms with Crippen molar-refractivity contribution in [2.24, 2.45) is 0 Å². The number of rotatable bonds is 2. The molecule has 5 nitrogen and oxygen atoms in total. The van der Waals surface area contributed by atoms with Gasteiger partial charge in [0.2, 0.25) is 0 Å². The molecular formula is C14H11N3O2S. The zero-order valence-electron chi connectivity index (χ0n) is 10.5. The first-order valence-corrected chi connectivity index (χ1v) is 7.27. The van der Waals surface area contributed by atoms with Gasteiger partial charge in [-0.15, -0.1) is 11.3 Å². The molecule has 2 aromatic rings. The van der Waals surface area contributed by atoms with E-state index in [1.165, 1.54) is 11.3 Å². The number of hydrogen-bond acceptors (Lipinski definition) is 5. The van der Waals surface area contributed by atoms with Crippen LogP contribution in [-0.4, -0.2) is 16.8 Å². The second-order valence-electron chi connectivity index (χ2n) is 5.04. The quantitative estimate of drug-likeness (QED) is 0.679. The highest BCUT2D eigenvalue weighted by molar-refractivity contribution is 7.14. The van der Waals surface area contributed by atoms with Crippen LogP contribution in [0.4, 0.5) is 10.8 Å². The molecule has 1 aliphatic carbocycles. The number of carbonyl (C=O) groups is 2. The molecule has 6 heteroatoms. The average molecular weight is 285 g/mol. The lowest BCUT2D eigenvalue weighted by atomic mass is 10.1. The van der Waals surface area contributed by atoms with Gasteiger partial charge in [0.25, 0.3) is 11.8 Å². The minimum atomic E-state index is -0.375. The normalized spacial score (nSPS) is 17.7. The predicted molar refractivity (Wildman–Crippen MR) is 76.1 cm³/mol. The van der Waals surface area contributed by atoms with Gasteiger partial charge in [0.1, 0.15) is 0 Å². The lowest BCUT2D eigenvalue weighted by Crippen LogP contribution is -2.29. The fraction of sp³-hybridized carbons (Fsp3) is 0.214. The van der Waals surface area contributed by atoms with Crippen molar-refractivity contribution in [3.63, 3.8) is 0 Å². The van der Waals surface area contributed by atoms with E-state index in [-0.39, 0.29) is 11.8 Å². The van der Waals surface area contributed by atoms with Crippen molar-refractivity contribution < 1.29 is 9.59 Å². The molecule has 2 heterocycles. The fourth-order valence-corrected chi connectivity index (χ4v) is 3.33. The Hall–Kier alpha value is -2.21. The number of fused-ring (bicyclic) bond motifs is 1. The van der Waals surface area contributed by atoms with Crippen LogP contribution in [0.25, 0.3) is 0 Å². The van der Waals surface area contributed by atoms with Crippen molar-refractivity contribution in [1.29, 1.82) is 0 Å². The fourth-order valence-electron chi connectivity index (χ4n) is 2.43. The van der Waals surface area contributed by atoms with E-state index in [0.29, 0.717) is 27.9 Å². The van der Waals surface area contributed by atoms with Gasteiger partial charge in [-0.2, -0.15) is 0 Å². The van der Waals surface area contributed by atoms with Gasteiger partial charge in [0, 0.05) is 17.0 Å². The summed E-state index contributed by atoms with van der Waals surface area (Å²) in [6, 6.07) is 4.94. The van der Waals surface area contributed by atoms with E-state index in [1.54, 1.807) is 18.2 Å². The number of carbonyl (C=O) groups excluding carboxylic acids is 2. The van der Waals surface area contributed by atoms with Crippen molar-refractivity contribution in [2.75, 3.05) is 10.6 Å². The Balaban J connectivity index is 1.78. The minimum Gasteiger partial charge on any atom is -0.398 e. The maximum absolute atomic E-state index is 12.4. The summed E-state index contributed by atoms with van der Waals surface area (Å²) in [7, 11) is 0. The van der Waals surface area contributed by atoms with E-state index in [2.05, 4.69) is 4.98 Å². The van der Waals surface area contributed by atoms with Crippen LogP contribution in [0.15, 0.2) is 23.6 Å². The lowest BCUT2D eigenvalue weighted by Gasteiger charge is -2.09. The topological polar surface area (TPSA) is 76.3 Å². The van der Waals surface area contributed by atoms with E-state index in [0.717, 1.165) is 23.4 Å². The minimum absolute atomic E-state index is 0.292. The third-order valence-corrected chi connectivity index (χ3v) is 4.49. The summed E-state index contributed by atoms with van der Waals surface area (Å²) in [5.74, 6) is -0.214. The molecule has 1 saturated carbocycles. The summed E-state index contributed by atoms with van der Waals surface area (Å²) in [5.41, 5.74) is 7.78. The maximum Gasteiger partial charge on any atom is 0.270 e. The summed E-state index contributed by atoms with van der Waals surface area (Å²) in [6.45, 7) is 0. The Morgan fingerprint density at radius 2 is 2.05 bits per heavy atom. The van der Waals surface area contributed by atoms with Crippen molar-refractivity contribution >= 4 is 34.0 Å². The second-order valence-corrected chi connectivity index (χ2v) is 5.88. The number of nitrogens with zero attached hydrogens (tertiary/aromatic N) is 2. The third-order valence-electron chi connectivity index (χ3n) is 3.64. The number of benzene rings is 1. The molecule has 1 aliphatic heterocycles. The lowest BCUT2D eigenvalue weighted by molar-refractivity contribution is 0.0926. The molecule has 1 aromatic heterocycles. The van der Waals surface area contributed by atoms with Crippen molar-refractivity contribution in [2.45, 2.75) is 18.8 Å². The molecular weight excluding hydrogens is 274 g/mol. The monoisotopic (exact) mass is 285 g/mol. The van der Waals surface area contributed by atoms with Crippen LogP contribution >= 0.6 is 11.3 Å². The van der Waals surface area contributed by atoms with Crippen molar-refractivity contribution in [1.82, 2.24) is 4.98 Å². The van der Waals surface area contributed by atoms with Gasteiger partial charge in [-0.25, -0.2) is 9.88 Å².